The Morgan fingerprint density at radius 3 is 1.78 bits per heavy atom. The molecule has 0 aliphatic heterocycles. The van der Waals surface area contributed by atoms with Crippen LogP contribution >= 0.6 is 0 Å². The van der Waals surface area contributed by atoms with Crippen molar-refractivity contribution in [3.8, 4) is 56.4 Å². The SMILES string of the molecule is c1ccc(-c2nc(-c3ccc(-c4cccc5cccnc45)cc3)nc(-c3cccc4c3-c3cc5ccccc5cc3C43C4CC5CC(C4)CC3C5)n2)cc1. The Bertz CT molecular complexity index is 2750. The highest BCUT2D eigenvalue weighted by atomic mass is 15.0. The molecule has 5 aliphatic rings. The van der Waals surface area contributed by atoms with E-state index in [9.17, 15) is 0 Å². The maximum absolute atomic E-state index is 5.35. The van der Waals surface area contributed by atoms with E-state index in [1.807, 2.05) is 18.3 Å². The van der Waals surface area contributed by atoms with Crippen LogP contribution in [0.1, 0.15) is 43.2 Å². The van der Waals surface area contributed by atoms with Crippen LogP contribution in [-0.2, 0) is 5.41 Å². The fourth-order valence-electron chi connectivity index (χ4n) is 11.6. The lowest BCUT2D eigenvalue weighted by molar-refractivity contribution is -0.0398. The van der Waals surface area contributed by atoms with E-state index in [-0.39, 0.29) is 5.41 Å². The Balaban J connectivity index is 1.06. The second-order valence-electron chi connectivity index (χ2n) is 16.3. The van der Waals surface area contributed by atoms with Crippen molar-refractivity contribution in [3.05, 3.63) is 157 Å². The Morgan fingerprint density at radius 2 is 1.02 bits per heavy atom. The summed E-state index contributed by atoms with van der Waals surface area (Å²) in [6, 6.07) is 50.4. The lowest BCUT2D eigenvalue weighted by atomic mass is 9.43. The zero-order valence-electron chi connectivity index (χ0n) is 30.0. The van der Waals surface area contributed by atoms with E-state index in [2.05, 4.69) is 127 Å². The zero-order chi connectivity index (χ0) is 35.4. The number of pyridine rings is 1. The van der Waals surface area contributed by atoms with Gasteiger partial charge in [-0.1, -0.05) is 121 Å². The van der Waals surface area contributed by atoms with E-state index in [0.29, 0.717) is 23.5 Å². The summed E-state index contributed by atoms with van der Waals surface area (Å²) in [6.45, 7) is 0. The molecule has 1 spiro atoms. The van der Waals surface area contributed by atoms with Crippen LogP contribution in [0.3, 0.4) is 0 Å². The van der Waals surface area contributed by atoms with E-state index < -0.39 is 0 Å². The fourth-order valence-corrected chi connectivity index (χ4v) is 11.6. The topological polar surface area (TPSA) is 51.6 Å². The summed E-state index contributed by atoms with van der Waals surface area (Å²) in [6.07, 6.45) is 8.70. The van der Waals surface area contributed by atoms with Crippen LogP contribution < -0.4 is 0 Å². The van der Waals surface area contributed by atoms with Crippen molar-refractivity contribution in [2.45, 2.75) is 37.5 Å². The lowest BCUT2D eigenvalue weighted by Gasteiger charge is -2.61. The highest BCUT2D eigenvalue weighted by Crippen LogP contribution is 2.70. The van der Waals surface area contributed by atoms with Crippen LogP contribution in [-0.4, -0.2) is 19.9 Å². The van der Waals surface area contributed by atoms with Gasteiger partial charge in [-0.15, -0.1) is 0 Å². The number of aromatic nitrogens is 4. The van der Waals surface area contributed by atoms with Gasteiger partial charge in [0.05, 0.1) is 5.52 Å². The molecule has 2 aromatic heterocycles. The Morgan fingerprint density at radius 1 is 0.426 bits per heavy atom. The van der Waals surface area contributed by atoms with Gasteiger partial charge in [-0.25, -0.2) is 15.0 Å². The van der Waals surface area contributed by atoms with E-state index >= 15 is 0 Å². The average Bonchev–Trinajstić information content (AvgIpc) is 3.51. The summed E-state index contributed by atoms with van der Waals surface area (Å²) < 4.78 is 0. The number of benzene rings is 6. The molecule has 0 unspecified atom stereocenters. The first kappa shape index (κ1) is 30.5. The maximum Gasteiger partial charge on any atom is 0.164 e. The first-order chi connectivity index (χ1) is 26.7. The summed E-state index contributed by atoms with van der Waals surface area (Å²) in [5.74, 6) is 5.23. The molecule has 0 N–H and O–H groups in total. The fraction of sp³-hybridized carbons (Fsp3) is 0.200. The molecule has 4 saturated carbocycles. The van der Waals surface area contributed by atoms with Crippen LogP contribution in [0.4, 0.5) is 0 Å². The van der Waals surface area contributed by atoms with Gasteiger partial charge in [-0.05, 0) is 113 Å². The number of rotatable bonds is 4. The molecule has 258 valence electrons. The number of hydrogen-bond donors (Lipinski definition) is 0. The van der Waals surface area contributed by atoms with Crippen molar-refractivity contribution >= 4 is 21.7 Å². The molecule has 0 saturated heterocycles. The zero-order valence-corrected chi connectivity index (χ0v) is 30.0. The monoisotopic (exact) mass is 694 g/mol. The van der Waals surface area contributed by atoms with E-state index in [1.165, 1.54) is 59.6 Å². The number of fused-ring (bicyclic) bond motifs is 5. The van der Waals surface area contributed by atoms with E-state index in [0.717, 1.165) is 56.4 Å². The molecule has 8 aromatic rings. The van der Waals surface area contributed by atoms with Crippen molar-refractivity contribution in [3.63, 3.8) is 0 Å². The number of para-hydroxylation sites is 1. The molecule has 4 fully saturated rings. The quantitative estimate of drug-likeness (QED) is 0.184. The molecular weight excluding hydrogens is 657 g/mol. The van der Waals surface area contributed by atoms with Crippen molar-refractivity contribution in [1.82, 2.24) is 19.9 Å². The Labute approximate surface area is 315 Å². The smallest absolute Gasteiger partial charge is 0.164 e. The predicted octanol–water partition coefficient (Wildman–Crippen LogP) is 12.0. The summed E-state index contributed by atoms with van der Waals surface area (Å²) in [5.41, 5.74) is 12.1. The van der Waals surface area contributed by atoms with Gasteiger partial charge < -0.3 is 0 Å². The van der Waals surface area contributed by atoms with Gasteiger partial charge in [0.15, 0.2) is 17.5 Å². The summed E-state index contributed by atoms with van der Waals surface area (Å²) in [4.78, 5) is 20.5. The van der Waals surface area contributed by atoms with Crippen LogP contribution in [0.15, 0.2) is 146 Å². The van der Waals surface area contributed by atoms with Crippen LogP contribution in [0.25, 0.3) is 78.1 Å². The first-order valence-corrected chi connectivity index (χ1v) is 19.6. The second kappa shape index (κ2) is 11.5. The minimum atomic E-state index is 0.0442. The highest BCUT2D eigenvalue weighted by Gasteiger charge is 2.61. The van der Waals surface area contributed by atoms with E-state index in [1.54, 1.807) is 5.56 Å². The van der Waals surface area contributed by atoms with Gasteiger partial charge in [-0.2, -0.15) is 0 Å². The molecule has 6 aromatic carbocycles. The summed E-state index contributed by atoms with van der Waals surface area (Å²) in [7, 11) is 0. The third kappa shape index (κ3) is 4.37. The number of nitrogens with zero attached hydrogens (tertiary/aromatic N) is 4. The largest absolute Gasteiger partial charge is 0.256 e. The van der Waals surface area contributed by atoms with Gasteiger partial charge in [-0.3, -0.25) is 4.98 Å². The summed E-state index contributed by atoms with van der Waals surface area (Å²) in [5, 5.41) is 3.77. The van der Waals surface area contributed by atoms with Crippen LogP contribution in [0.2, 0.25) is 0 Å². The molecule has 13 rings (SSSR count). The molecule has 2 heterocycles. The second-order valence-corrected chi connectivity index (χ2v) is 16.3. The third-order valence-electron chi connectivity index (χ3n) is 13.5. The minimum absolute atomic E-state index is 0.0442. The molecule has 54 heavy (non-hydrogen) atoms. The van der Waals surface area contributed by atoms with Gasteiger partial charge >= 0.3 is 0 Å². The molecule has 0 amide bonds. The summed E-state index contributed by atoms with van der Waals surface area (Å²) >= 11 is 0. The standard InChI is InChI=1S/C50H38N4/c1-2-9-34(10-3-1)47-52-48(35-20-18-32(19-21-35)40-15-6-13-33-14-8-22-51-46(33)40)54-49(53-47)41-16-7-17-43-45(41)42-28-36-11-4-5-12-37(36)29-44(42)50(43)38-24-30-23-31(26-38)27-39(50)25-30/h1-22,28-31,38-39H,23-27H2. The number of hydrogen-bond acceptors (Lipinski definition) is 4. The van der Waals surface area contributed by atoms with Crippen LogP contribution in [0.5, 0.6) is 0 Å². The molecule has 5 aliphatic carbocycles. The maximum atomic E-state index is 5.35. The molecule has 4 heteroatoms. The van der Waals surface area contributed by atoms with Gasteiger partial charge in [0.25, 0.3) is 0 Å². The van der Waals surface area contributed by atoms with Crippen molar-refractivity contribution in [2.24, 2.45) is 23.7 Å². The van der Waals surface area contributed by atoms with Crippen molar-refractivity contribution in [1.29, 1.82) is 0 Å². The molecule has 0 radical (unpaired) electrons. The Hall–Kier alpha value is -6.00. The van der Waals surface area contributed by atoms with Crippen LogP contribution in [0, 0.1) is 23.7 Å². The van der Waals surface area contributed by atoms with Gasteiger partial charge in [0, 0.05) is 39.3 Å². The first-order valence-electron chi connectivity index (χ1n) is 19.6. The molecular formula is C50H38N4. The van der Waals surface area contributed by atoms with Crippen molar-refractivity contribution in [2.75, 3.05) is 0 Å². The predicted molar refractivity (Wildman–Crippen MR) is 218 cm³/mol. The van der Waals surface area contributed by atoms with Crippen molar-refractivity contribution < 1.29 is 0 Å². The van der Waals surface area contributed by atoms with Gasteiger partial charge in [0.1, 0.15) is 0 Å². The minimum Gasteiger partial charge on any atom is -0.256 e. The van der Waals surface area contributed by atoms with Gasteiger partial charge in [0.2, 0.25) is 0 Å². The Kier molecular flexibility index (Phi) is 6.49. The third-order valence-corrected chi connectivity index (χ3v) is 13.5. The lowest BCUT2D eigenvalue weighted by Crippen LogP contribution is -2.55. The molecule has 4 nitrogen and oxygen atoms in total. The molecule has 0 atom stereocenters. The normalized spacial score (nSPS) is 23.3. The highest BCUT2D eigenvalue weighted by molar-refractivity contribution is 5.99. The average molecular weight is 695 g/mol. The molecule has 4 bridgehead atoms. The van der Waals surface area contributed by atoms with E-state index in [4.69, 9.17) is 19.9 Å².